The predicted octanol–water partition coefficient (Wildman–Crippen LogP) is 8.05. The van der Waals surface area contributed by atoms with E-state index in [2.05, 4.69) is 0 Å². The third-order valence-electron chi connectivity index (χ3n) is 7.54. The molecule has 8 nitrogen and oxygen atoms in total. The number of halogens is 2. The zero-order valence-corrected chi connectivity index (χ0v) is 26.4. The monoisotopic (exact) mass is 624 g/mol. The van der Waals surface area contributed by atoms with Gasteiger partial charge in [-0.25, -0.2) is 14.1 Å². The number of cyclic esters (lactones) is 1. The highest BCUT2D eigenvalue weighted by molar-refractivity contribution is 6.32. The smallest absolute Gasteiger partial charge is 0.427 e. The first kappa shape index (κ1) is 32.8. The number of allylic oxidation sites excluding steroid dienone is 1. The van der Waals surface area contributed by atoms with Gasteiger partial charge in [-0.05, 0) is 83.4 Å². The highest BCUT2D eigenvalue weighted by Gasteiger charge is 2.40. The molecule has 0 radical (unpaired) electrons. The van der Waals surface area contributed by atoms with E-state index in [0.29, 0.717) is 23.6 Å². The molecule has 1 aliphatic heterocycles. The maximum absolute atomic E-state index is 14.3. The molecule has 2 aliphatic rings. The van der Waals surface area contributed by atoms with Gasteiger partial charge in [0.25, 0.3) is 5.91 Å². The van der Waals surface area contributed by atoms with Gasteiger partial charge >= 0.3 is 12.0 Å². The van der Waals surface area contributed by atoms with Crippen molar-refractivity contribution in [3.05, 3.63) is 76.8 Å². The van der Waals surface area contributed by atoms with E-state index >= 15 is 0 Å². The molecule has 0 spiro atoms. The third kappa shape index (κ3) is 7.33. The lowest BCUT2D eigenvalue weighted by atomic mass is 10.1. The molecule has 2 fully saturated rings. The van der Waals surface area contributed by atoms with E-state index < -0.39 is 23.9 Å². The minimum atomic E-state index is -0.941. The Hall–Kier alpha value is -4.11. The molecule has 5 rings (SSSR count). The summed E-state index contributed by atoms with van der Waals surface area (Å²) in [6.45, 7) is 10.4. The van der Waals surface area contributed by atoms with Crippen molar-refractivity contribution < 1.29 is 33.0 Å². The molecule has 1 aliphatic carbocycles. The second kappa shape index (κ2) is 14.6. The van der Waals surface area contributed by atoms with Crippen LogP contribution >= 0.6 is 11.6 Å². The molecule has 0 bridgehead atoms. The minimum absolute atomic E-state index is 0.00962. The van der Waals surface area contributed by atoms with Crippen LogP contribution in [0.1, 0.15) is 60.3 Å². The quantitative estimate of drug-likeness (QED) is 0.236. The third-order valence-corrected chi connectivity index (χ3v) is 7.83. The number of anilines is 1. The Morgan fingerprint density at radius 3 is 2.34 bits per heavy atom. The second-order valence-electron chi connectivity index (χ2n) is 10.8. The van der Waals surface area contributed by atoms with Crippen LogP contribution < -0.4 is 14.4 Å². The summed E-state index contributed by atoms with van der Waals surface area (Å²) in [4.78, 5) is 39.0. The van der Waals surface area contributed by atoms with Crippen LogP contribution in [-0.2, 0) is 14.3 Å². The molecule has 44 heavy (non-hydrogen) atoms. The van der Waals surface area contributed by atoms with Crippen molar-refractivity contribution in [2.75, 3.05) is 18.0 Å². The zero-order chi connectivity index (χ0) is 32.0. The Bertz CT molecular complexity index is 1560. The topological polar surface area (TPSA) is 85.4 Å². The number of hydrogen-bond donors (Lipinski definition) is 0. The first-order valence-corrected chi connectivity index (χ1v) is 15.3. The number of imide groups is 1. The second-order valence-corrected chi connectivity index (χ2v) is 11.3. The molecule has 1 saturated carbocycles. The Kier molecular flexibility index (Phi) is 10.9. The number of hydrogen-bond acceptors (Lipinski definition) is 6. The van der Waals surface area contributed by atoms with Crippen LogP contribution in [0.15, 0.2) is 65.9 Å². The first-order valence-electron chi connectivity index (χ1n) is 14.9. The van der Waals surface area contributed by atoms with Crippen LogP contribution in [-0.4, -0.2) is 48.1 Å². The molecule has 3 aromatic carbocycles. The standard InChI is InChI=1S/C17H17ClFNO4.C17H21NO2/c1-9(2)15-16(21)20(17(22)24-15)13-8-14(11(18)7-12(13)19)23-10-5-3-4-6-10;1-4-18(5-2)17(19)13(3)20-16-12-8-10-14-9-6-7-11-15(14)16/h7-8,10H,3-6H2,1-2H3;6-13H,4-5H2,1-3H3. The number of amides is 3. The fourth-order valence-electron chi connectivity index (χ4n) is 5.18. The molecule has 1 atom stereocenters. The molecular weight excluding hydrogens is 587 g/mol. The summed E-state index contributed by atoms with van der Waals surface area (Å²) in [5.74, 6) is -0.537. The maximum Gasteiger partial charge on any atom is 0.427 e. The van der Waals surface area contributed by atoms with E-state index in [0.717, 1.165) is 48.3 Å². The van der Waals surface area contributed by atoms with Gasteiger partial charge in [0.05, 0.1) is 16.8 Å². The number of nitrogens with zero attached hydrogens (tertiary/aromatic N) is 2. The highest BCUT2D eigenvalue weighted by Crippen LogP contribution is 2.37. The van der Waals surface area contributed by atoms with E-state index in [9.17, 15) is 18.8 Å². The summed E-state index contributed by atoms with van der Waals surface area (Å²) >= 11 is 6.04. The molecule has 1 unspecified atom stereocenters. The van der Waals surface area contributed by atoms with Crippen molar-refractivity contribution >= 4 is 46.0 Å². The molecule has 0 aromatic heterocycles. The van der Waals surface area contributed by atoms with Gasteiger partial charge in [0.1, 0.15) is 17.3 Å². The van der Waals surface area contributed by atoms with Crippen molar-refractivity contribution in [3.63, 3.8) is 0 Å². The SMILES string of the molecule is CC(C)=C1OC(=O)N(c2cc(OC3CCCC3)c(Cl)cc2F)C1=O.CCN(CC)C(=O)C(C)Oc1cccc2ccccc12. The average molecular weight is 625 g/mol. The van der Waals surface area contributed by atoms with E-state index in [1.54, 1.807) is 18.7 Å². The summed E-state index contributed by atoms with van der Waals surface area (Å²) in [7, 11) is 0. The predicted molar refractivity (Wildman–Crippen MR) is 169 cm³/mol. The Balaban J connectivity index is 0.000000204. The number of rotatable bonds is 8. The number of carbonyl (C=O) groups excluding carboxylic acids is 3. The number of likely N-dealkylation sites (N-methyl/N-ethyl adjacent to an activating group) is 1. The van der Waals surface area contributed by atoms with Crippen LogP contribution in [0.2, 0.25) is 5.02 Å². The normalized spacial score (nSPS) is 15.5. The molecule has 1 saturated heterocycles. The largest absolute Gasteiger partial charge is 0.489 e. The average Bonchev–Trinajstić information content (AvgIpc) is 3.62. The van der Waals surface area contributed by atoms with Crippen LogP contribution in [0.3, 0.4) is 0 Å². The molecule has 3 aromatic rings. The van der Waals surface area contributed by atoms with E-state index in [1.165, 1.54) is 6.07 Å². The van der Waals surface area contributed by atoms with Crippen molar-refractivity contribution in [1.29, 1.82) is 0 Å². The molecular formula is C34H38ClFN2O6. The fourth-order valence-corrected chi connectivity index (χ4v) is 5.38. The fraction of sp³-hybridized carbons (Fsp3) is 0.382. The van der Waals surface area contributed by atoms with Crippen molar-refractivity contribution in [3.8, 4) is 11.5 Å². The Morgan fingerprint density at radius 1 is 1.05 bits per heavy atom. The summed E-state index contributed by atoms with van der Waals surface area (Å²) < 4.78 is 30.9. The van der Waals surface area contributed by atoms with Gasteiger partial charge in [-0.15, -0.1) is 0 Å². The van der Waals surface area contributed by atoms with Gasteiger partial charge in [-0.1, -0.05) is 48.0 Å². The van der Waals surface area contributed by atoms with E-state index in [-0.39, 0.29) is 34.2 Å². The molecule has 0 N–H and O–H groups in total. The molecule has 234 valence electrons. The van der Waals surface area contributed by atoms with E-state index in [1.807, 2.05) is 63.2 Å². The highest BCUT2D eigenvalue weighted by atomic mass is 35.5. The van der Waals surface area contributed by atoms with Crippen LogP contribution in [0.5, 0.6) is 11.5 Å². The number of carbonyl (C=O) groups is 3. The van der Waals surface area contributed by atoms with Gasteiger partial charge in [0.15, 0.2) is 11.9 Å². The minimum Gasteiger partial charge on any atom is -0.489 e. The summed E-state index contributed by atoms with van der Waals surface area (Å²) in [5, 5.41) is 2.26. The van der Waals surface area contributed by atoms with Crippen molar-refractivity contribution in [2.24, 2.45) is 0 Å². The van der Waals surface area contributed by atoms with Gasteiger partial charge < -0.3 is 19.1 Å². The van der Waals surface area contributed by atoms with Crippen LogP contribution in [0.4, 0.5) is 14.9 Å². The van der Waals surface area contributed by atoms with Gasteiger partial charge in [0, 0.05) is 24.5 Å². The number of ether oxygens (including phenoxy) is 3. The Labute approximate surface area is 262 Å². The number of fused-ring (bicyclic) bond motifs is 1. The zero-order valence-electron chi connectivity index (χ0n) is 25.7. The summed E-state index contributed by atoms with van der Waals surface area (Å²) in [6.07, 6.45) is 2.53. The van der Waals surface area contributed by atoms with Gasteiger partial charge in [-0.3, -0.25) is 9.59 Å². The molecule has 1 heterocycles. The van der Waals surface area contributed by atoms with Gasteiger partial charge in [0.2, 0.25) is 0 Å². The number of benzene rings is 3. The first-order chi connectivity index (χ1) is 21.0. The van der Waals surface area contributed by atoms with Gasteiger partial charge in [-0.2, -0.15) is 0 Å². The van der Waals surface area contributed by atoms with Crippen molar-refractivity contribution in [1.82, 2.24) is 4.90 Å². The molecule has 3 amide bonds. The Morgan fingerprint density at radius 2 is 1.70 bits per heavy atom. The summed E-state index contributed by atoms with van der Waals surface area (Å²) in [5.41, 5.74) is 0.311. The van der Waals surface area contributed by atoms with E-state index in [4.69, 9.17) is 25.8 Å². The lowest BCUT2D eigenvalue weighted by molar-refractivity contribution is -0.137. The van der Waals surface area contributed by atoms with Crippen LogP contribution in [0.25, 0.3) is 10.8 Å². The summed E-state index contributed by atoms with van der Waals surface area (Å²) in [6, 6.07) is 16.3. The maximum atomic E-state index is 14.3. The molecule has 10 heteroatoms. The lowest BCUT2D eigenvalue weighted by Gasteiger charge is -2.23. The van der Waals surface area contributed by atoms with Crippen LogP contribution in [0, 0.1) is 5.82 Å². The lowest BCUT2D eigenvalue weighted by Crippen LogP contribution is -2.40. The van der Waals surface area contributed by atoms with Crippen molar-refractivity contribution in [2.45, 2.75) is 72.5 Å².